The third-order valence-corrected chi connectivity index (χ3v) is 4.10. The van der Waals surface area contributed by atoms with Gasteiger partial charge in [-0.3, -0.25) is 9.59 Å². The van der Waals surface area contributed by atoms with Crippen molar-refractivity contribution in [2.75, 3.05) is 18.4 Å². The van der Waals surface area contributed by atoms with Crippen molar-refractivity contribution in [3.05, 3.63) is 29.3 Å². The summed E-state index contributed by atoms with van der Waals surface area (Å²) in [6.45, 7) is 7.39. The highest BCUT2D eigenvalue weighted by atomic mass is 16.2. The number of rotatable bonds is 4. The number of nitrogens with zero attached hydrogens (tertiary/aromatic N) is 1. The molecule has 0 unspecified atom stereocenters. The van der Waals surface area contributed by atoms with Crippen molar-refractivity contribution in [2.24, 2.45) is 5.92 Å². The van der Waals surface area contributed by atoms with Gasteiger partial charge in [-0.05, 0) is 56.4 Å². The summed E-state index contributed by atoms with van der Waals surface area (Å²) in [5.41, 5.74) is 3.12. The van der Waals surface area contributed by atoms with E-state index in [0.717, 1.165) is 42.6 Å². The zero-order valence-electron chi connectivity index (χ0n) is 13.8. The first-order chi connectivity index (χ1) is 10.5. The van der Waals surface area contributed by atoms with Gasteiger partial charge in [0, 0.05) is 25.2 Å². The van der Waals surface area contributed by atoms with Crippen molar-refractivity contribution < 1.29 is 9.59 Å². The van der Waals surface area contributed by atoms with Gasteiger partial charge in [-0.25, -0.2) is 0 Å². The van der Waals surface area contributed by atoms with Gasteiger partial charge in [0.05, 0.1) is 5.92 Å². The summed E-state index contributed by atoms with van der Waals surface area (Å²) in [5.74, 6) is 0.0979. The van der Waals surface area contributed by atoms with E-state index in [4.69, 9.17) is 0 Å². The Morgan fingerprint density at radius 3 is 2.55 bits per heavy atom. The van der Waals surface area contributed by atoms with Gasteiger partial charge in [0.25, 0.3) is 0 Å². The largest absolute Gasteiger partial charge is 0.342 e. The average Bonchev–Trinajstić information content (AvgIpc) is 2.46. The van der Waals surface area contributed by atoms with Crippen LogP contribution in [0.2, 0.25) is 0 Å². The predicted molar refractivity (Wildman–Crippen MR) is 88.8 cm³/mol. The Hall–Kier alpha value is -1.84. The maximum atomic E-state index is 12.5. The number of carbonyl (C=O) groups excluding carboxylic acids is 2. The van der Waals surface area contributed by atoms with Crippen LogP contribution in [0.15, 0.2) is 18.2 Å². The number of aryl methyl sites for hydroxylation is 2. The fourth-order valence-electron chi connectivity index (χ4n) is 3.08. The van der Waals surface area contributed by atoms with Crippen LogP contribution in [0.3, 0.4) is 0 Å². The zero-order chi connectivity index (χ0) is 16.1. The molecule has 1 aliphatic rings. The highest BCUT2D eigenvalue weighted by Crippen LogP contribution is 2.21. The molecule has 4 nitrogen and oxygen atoms in total. The molecule has 1 N–H and O–H groups in total. The van der Waals surface area contributed by atoms with E-state index in [9.17, 15) is 9.59 Å². The molecule has 0 aliphatic carbocycles. The topological polar surface area (TPSA) is 49.4 Å². The van der Waals surface area contributed by atoms with Crippen molar-refractivity contribution in [1.82, 2.24) is 4.90 Å². The molecule has 0 aromatic heterocycles. The van der Waals surface area contributed by atoms with Crippen LogP contribution in [0.25, 0.3) is 0 Å². The van der Waals surface area contributed by atoms with Crippen LogP contribution >= 0.6 is 0 Å². The molecular weight excluding hydrogens is 276 g/mol. The zero-order valence-corrected chi connectivity index (χ0v) is 13.8. The quantitative estimate of drug-likeness (QED) is 0.928. The van der Waals surface area contributed by atoms with Gasteiger partial charge in [-0.1, -0.05) is 13.0 Å². The monoisotopic (exact) mass is 302 g/mol. The van der Waals surface area contributed by atoms with Crippen molar-refractivity contribution >= 4 is 17.5 Å². The lowest BCUT2D eigenvalue weighted by atomic mass is 9.96. The summed E-state index contributed by atoms with van der Waals surface area (Å²) in [7, 11) is 0. The van der Waals surface area contributed by atoms with Crippen LogP contribution in [-0.4, -0.2) is 29.8 Å². The smallest absolute Gasteiger partial charge is 0.229 e. The number of anilines is 1. The molecule has 1 aromatic carbocycles. The molecular formula is C18H26N2O2. The average molecular weight is 302 g/mol. The van der Waals surface area contributed by atoms with Gasteiger partial charge in [-0.2, -0.15) is 0 Å². The summed E-state index contributed by atoms with van der Waals surface area (Å²) >= 11 is 0. The molecule has 2 rings (SSSR count). The molecule has 1 aromatic rings. The van der Waals surface area contributed by atoms with Gasteiger partial charge >= 0.3 is 0 Å². The molecule has 1 aliphatic heterocycles. The Morgan fingerprint density at radius 2 is 1.91 bits per heavy atom. The second kappa shape index (κ2) is 7.43. The predicted octanol–water partition coefficient (Wildman–Crippen LogP) is 3.28. The SMILES string of the molecule is CCCC(=O)N1CCC[C@@H](C(=O)Nc2cc(C)cc(C)c2)C1. The summed E-state index contributed by atoms with van der Waals surface area (Å²) in [5, 5.41) is 3.01. The van der Waals surface area contributed by atoms with Crippen LogP contribution in [0, 0.1) is 19.8 Å². The van der Waals surface area contributed by atoms with Crippen LogP contribution in [0.1, 0.15) is 43.7 Å². The number of hydrogen-bond acceptors (Lipinski definition) is 2. The number of benzene rings is 1. The van der Waals surface area contributed by atoms with Gasteiger partial charge in [0.1, 0.15) is 0 Å². The Bertz CT molecular complexity index is 534. The highest BCUT2D eigenvalue weighted by molar-refractivity contribution is 5.93. The minimum absolute atomic E-state index is 0.0269. The van der Waals surface area contributed by atoms with E-state index in [0.29, 0.717) is 13.0 Å². The summed E-state index contributed by atoms with van der Waals surface area (Å²) < 4.78 is 0. The van der Waals surface area contributed by atoms with Gasteiger partial charge < -0.3 is 10.2 Å². The lowest BCUT2D eigenvalue weighted by molar-refractivity contribution is -0.134. The lowest BCUT2D eigenvalue weighted by Crippen LogP contribution is -2.43. The molecule has 0 bridgehead atoms. The second-order valence-electron chi connectivity index (χ2n) is 6.29. The number of piperidine rings is 1. The molecule has 1 fully saturated rings. The summed E-state index contributed by atoms with van der Waals surface area (Å²) in [6, 6.07) is 6.04. The molecule has 22 heavy (non-hydrogen) atoms. The Morgan fingerprint density at radius 1 is 1.23 bits per heavy atom. The minimum atomic E-state index is -0.102. The van der Waals surface area contributed by atoms with E-state index < -0.39 is 0 Å². The Balaban J connectivity index is 1.98. The molecule has 0 saturated carbocycles. The molecule has 120 valence electrons. The van der Waals surface area contributed by atoms with Crippen molar-refractivity contribution in [3.8, 4) is 0 Å². The van der Waals surface area contributed by atoms with Gasteiger partial charge in [-0.15, -0.1) is 0 Å². The molecule has 1 saturated heterocycles. The molecule has 1 heterocycles. The van der Waals surface area contributed by atoms with E-state index in [2.05, 4.69) is 11.4 Å². The number of likely N-dealkylation sites (tertiary alicyclic amines) is 1. The van der Waals surface area contributed by atoms with E-state index in [-0.39, 0.29) is 17.7 Å². The van der Waals surface area contributed by atoms with E-state index in [1.54, 1.807) is 0 Å². The molecule has 0 spiro atoms. The third-order valence-electron chi connectivity index (χ3n) is 4.10. The number of amides is 2. The third kappa shape index (κ3) is 4.33. The number of carbonyl (C=O) groups is 2. The molecule has 0 radical (unpaired) electrons. The Labute approximate surface area is 132 Å². The minimum Gasteiger partial charge on any atom is -0.342 e. The first-order valence-corrected chi connectivity index (χ1v) is 8.16. The standard InChI is InChI=1S/C18H26N2O2/c1-4-6-17(21)20-8-5-7-15(12-20)18(22)19-16-10-13(2)9-14(3)11-16/h9-11,15H,4-8,12H2,1-3H3,(H,19,22)/t15-/m1/s1. The Kier molecular flexibility index (Phi) is 5.58. The summed E-state index contributed by atoms with van der Waals surface area (Å²) in [6.07, 6.45) is 3.19. The normalized spacial score (nSPS) is 18.1. The first kappa shape index (κ1) is 16.5. The van der Waals surface area contributed by atoms with Crippen molar-refractivity contribution in [3.63, 3.8) is 0 Å². The maximum Gasteiger partial charge on any atom is 0.229 e. The van der Waals surface area contributed by atoms with E-state index in [1.165, 1.54) is 0 Å². The van der Waals surface area contributed by atoms with Crippen molar-refractivity contribution in [1.29, 1.82) is 0 Å². The number of hydrogen-bond donors (Lipinski definition) is 1. The first-order valence-electron chi connectivity index (χ1n) is 8.16. The summed E-state index contributed by atoms with van der Waals surface area (Å²) in [4.78, 5) is 26.3. The van der Waals surface area contributed by atoms with Crippen LogP contribution in [0.4, 0.5) is 5.69 Å². The van der Waals surface area contributed by atoms with E-state index >= 15 is 0 Å². The van der Waals surface area contributed by atoms with E-state index in [1.807, 2.05) is 37.8 Å². The maximum absolute atomic E-state index is 12.5. The number of nitrogens with one attached hydrogen (secondary N) is 1. The second-order valence-corrected chi connectivity index (χ2v) is 6.29. The fourth-order valence-corrected chi connectivity index (χ4v) is 3.08. The van der Waals surface area contributed by atoms with Gasteiger partial charge in [0.2, 0.25) is 11.8 Å². The molecule has 4 heteroatoms. The highest BCUT2D eigenvalue weighted by Gasteiger charge is 2.28. The molecule has 1 atom stereocenters. The van der Waals surface area contributed by atoms with Gasteiger partial charge in [0.15, 0.2) is 0 Å². The van der Waals surface area contributed by atoms with Crippen molar-refractivity contribution in [2.45, 2.75) is 46.5 Å². The lowest BCUT2D eigenvalue weighted by Gasteiger charge is -2.32. The fraction of sp³-hybridized carbons (Fsp3) is 0.556. The van der Waals surface area contributed by atoms with Crippen LogP contribution in [-0.2, 0) is 9.59 Å². The molecule has 2 amide bonds. The van der Waals surface area contributed by atoms with Crippen LogP contribution < -0.4 is 5.32 Å². The van der Waals surface area contributed by atoms with Crippen LogP contribution in [0.5, 0.6) is 0 Å².